The third-order valence-electron chi connectivity index (χ3n) is 5.69. The molecule has 1 aliphatic heterocycles. The maximum absolute atomic E-state index is 13.0. The van der Waals surface area contributed by atoms with Crippen LogP contribution in [-0.4, -0.2) is 53.0 Å². The second-order valence-electron chi connectivity index (χ2n) is 8.07. The van der Waals surface area contributed by atoms with Crippen LogP contribution in [0.1, 0.15) is 28.8 Å². The van der Waals surface area contributed by atoms with Gasteiger partial charge < -0.3 is 15.1 Å². The molecule has 5 rings (SSSR count). The summed E-state index contributed by atoms with van der Waals surface area (Å²) in [7, 11) is 0. The summed E-state index contributed by atoms with van der Waals surface area (Å²) in [5.41, 5.74) is 3.66. The van der Waals surface area contributed by atoms with Gasteiger partial charge in [-0.15, -0.1) is 0 Å². The van der Waals surface area contributed by atoms with Crippen molar-refractivity contribution in [2.45, 2.75) is 25.8 Å². The number of piperazine rings is 1. The number of rotatable bonds is 4. The standard InChI is InChI=1S/C23H24BrN5O/c1-15-6-9-17(18(24)14-15)23(30)29-12-10-28(11-13-29)22-21(25-16-7-8-16)26-19-4-2-3-5-20(19)27-22/h2-6,9,14,16H,7-8,10-13H2,1H3,(H,25,26). The molecule has 30 heavy (non-hydrogen) atoms. The van der Waals surface area contributed by atoms with Crippen molar-refractivity contribution in [2.75, 3.05) is 36.4 Å². The maximum atomic E-state index is 13.0. The van der Waals surface area contributed by atoms with Crippen LogP contribution in [0.5, 0.6) is 0 Å². The largest absolute Gasteiger partial charge is 0.364 e. The average molecular weight is 466 g/mol. The molecule has 1 aromatic heterocycles. The van der Waals surface area contributed by atoms with Gasteiger partial charge in [0.1, 0.15) is 0 Å². The minimum Gasteiger partial charge on any atom is -0.364 e. The van der Waals surface area contributed by atoms with Crippen LogP contribution in [0.3, 0.4) is 0 Å². The summed E-state index contributed by atoms with van der Waals surface area (Å²) in [5, 5.41) is 3.54. The predicted molar refractivity (Wildman–Crippen MR) is 123 cm³/mol. The van der Waals surface area contributed by atoms with Gasteiger partial charge in [-0.1, -0.05) is 18.2 Å². The zero-order valence-corrected chi connectivity index (χ0v) is 18.5. The second-order valence-corrected chi connectivity index (χ2v) is 8.92. The van der Waals surface area contributed by atoms with E-state index in [1.54, 1.807) is 0 Å². The lowest BCUT2D eigenvalue weighted by molar-refractivity contribution is 0.0745. The van der Waals surface area contributed by atoms with Crippen molar-refractivity contribution in [3.8, 4) is 0 Å². The number of para-hydroxylation sites is 2. The van der Waals surface area contributed by atoms with Crippen LogP contribution in [-0.2, 0) is 0 Å². The number of halogens is 1. The molecule has 1 N–H and O–H groups in total. The summed E-state index contributed by atoms with van der Waals surface area (Å²) >= 11 is 3.54. The summed E-state index contributed by atoms with van der Waals surface area (Å²) in [4.78, 5) is 27.0. The van der Waals surface area contributed by atoms with Crippen molar-refractivity contribution in [2.24, 2.45) is 0 Å². The molecule has 3 aromatic rings. The van der Waals surface area contributed by atoms with Crippen molar-refractivity contribution in [1.29, 1.82) is 0 Å². The van der Waals surface area contributed by atoms with E-state index in [-0.39, 0.29) is 5.91 Å². The Hall–Kier alpha value is -2.67. The summed E-state index contributed by atoms with van der Waals surface area (Å²) in [6.45, 7) is 4.83. The van der Waals surface area contributed by atoms with Crippen molar-refractivity contribution in [1.82, 2.24) is 14.9 Å². The van der Waals surface area contributed by atoms with Crippen molar-refractivity contribution >= 4 is 44.5 Å². The van der Waals surface area contributed by atoms with Gasteiger partial charge in [-0.3, -0.25) is 4.79 Å². The molecule has 6 nitrogen and oxygen atoms in total. The molecule has 1 aliphatic carbocycles. The lowest BCUT2D eigenvalue weighted by atomic mass is 10.1. The molecular weight excluding hydrogens is 442 g/mol. The fraction of sp³-hybridized carbons (Fsp3) is 0.348. The van der Waals surface area contributed by atoms with E-state index >= 15 is 0 Å². The summed E-state index contributed by atoms with van der Waals surface area (Å²) in [6, 6.07) is 14.4. The molecule has 2 fully saturated rings. The Labute approximate surface area is 184 Å². The van der Waals surface area contributed by atoms with Gasteiger partial charge >= 0.3 is 0 Å². The number of aryl methyl sites for hydroxylation is 1. The first kappa shape index (κ1) is 19.3. The number of nitrogens with zero attached hydrogens (tertiary/aromatic N) is 4. The van der Waals surface area contributed by atoms with Gasteiger partial charge in [0.15, 0.2) is 11.6 Å². The number of anilines is 2. The molecule has 0 spiro atoms. The number of hydrogen-bond acceptors (Lipinski definition) is 5. The third-order valence-corrected chi connectivity index (χ3v) is 6.35. The van der Waals surface area contributed by atoms with Crippen LogP contribution in [0, 0.1) is 6.92 Å². The number of amides is 1. The molecule has 0 radical (unpaired) electrons. The Morgan fingerprint density at radius 2 is 1.73 bits per heavy atom. The van der Waals surface area contributed by atoms with Gasteiger partial charge in [0, 0.05) is 36.7 Å². The molecule has 0 bridgehead atoms. The highest BCUT2D eigenvalue weighted by atomic mass is 79.9. The first-order valence-electron chi connectivity index (χ1n) is 10.4. The Balaban J connectivity index is 1.36. The molecule has 1 saturated carbocycles. The van der Waals surface area contributed by atoms with Crippen LogP contribution in [0.15, 0.2) is 46.9 Å². The monoisotopic (exact) mass is 465 g/mol. The number of fused-ring (bicyclic) bond motifs is 1. The van der Waals surface area contributed by atoms with E-state index in [0.29, 0.717) is 19.1 Å². The number of aromatic nitrogens is 2. The minimum atomic E-state index is 0.0717. The van der Waals surface area contributed by atoms with Gasteiger partial charge in [0.05, 0.1) is 16.6 Å². The quantitative estimate of drug-likeness (QED) is 0.624. The van der Waals surface area contributed by atoms with Gasteiger partial charge in [-0.2, -0.15) is 0 Å². The molecule has 2 aromatic carbocycles. The zero-order chi connectivity index (χ0) is 20.7. The molecule has 1 amide bonds. The average Bonchev–Trinajstić information content (AvgIpc) is 3.57. The van der Waals surface area contributed by atoms with Gasteiger partial charge in [-0.05, 0) is 65.5 Å². The predicted octanol–water partition coefficient (Wildman–Crippen LogP) is 4.24. The van der Waals surface area contributed by atoms with Crippen LogP contribution < -0.4 is 10.2 Å². The summed E-state index contributed by atoms with van der Waals surface area (Å²) in [6.07, 6.45) is 2.36. The summed E-state index contributed by atoms with van der Waals surface area (Å²) in [5.74, 6) is 1.82. The zero-order valence-electron chi connectivity index (χ0n) is 16.9. The number of hydrogen-bond donors (Lipinski definition) is 1. The highest BCUT2D eigenvalue weighted by Crippen LogP contribution is 2.31. The lowest BCUT2D eigenvalue weighted by Crippen LogP contribution is -2.49. The van der Waals surface area contributed by atoms with Crippen molar-refractivity contribution < 1.29 is 4.79 Å². The Morgan fingerprint density at radius 1 is 1.03 bits per heavy atom. The van der Waals surface area contributed by atoms with E-state index in [9.17, 15) is 4.79 Å². The van der Waals surface area contributed by atoms with Crippen molar-refractivity contribution in [3.05, 3.63) is 58.1 Å². The van der Waals surface area contributed by atoms with E-state index in [0.717, 1.165) is 51.4 Å². The molecule has 0 atom stereocenters. The van der Waals surface area contributed by atoms with Crippen LogP contribution >= 0.6 is 15.9 Å². The molecule has 0 unspecified atom stereocenters. The molecule has 2 heterocycles. The van der Waals surface area contributed by atoms with Crippen LogP contribution in [0.4, 0.5) is 11.6 Å². The van der Waals surface area contributed by atoms with E-state index in [1.807, 2.05) is 54.3 Å². The number of carbonyl (C=O) groups is 1. The first-order chi connectivity index (χ1) is 14.6. The molecule has 2 aliphatic rings. The third kappa shape index (κ3) is 3.86. The molecule has 1 saturated heterocycles. The smallest absolute Gasteiger partial charge is 0.255 e. The Kier molecular flexibility index (Phi) is 5.06. The summed E-state index contributed by atoms with van der Waals surface area (Å²) < 4.78 is 0.853. The van der Waals surface area contributed by atoms with E-state index in [2.05, 4.69) is 26.1 Å². The van der Waals surface area contributed by atoms with Crippen LogP contribution in [0.2, 0.25) is 0 Å². The highest BCUT2D eigenvalue weighted by Gasteiger charge is 2.28. The van der Waals surface area contributed by atoms with Crippen LogP contribution in [0.25, 0.3) is 11.0 Å². The van der Waals surface area contributed by atoms with Gasteiger partial charge in [0.25, 0.3) is 5.91 Å². The Bertz CT molecular complexity index is 1110. The molecular formula is C23H24BrN5O. The highest BCUT2D eigenvalue weighted by molar-refractivity contribution is 9.10. The topological polar surface area (TPSA) is 61.4 Å². The fourth-order valence-corrected chi connectivity index (χ4v) is 4.48. The minimum absolute atomic E-state index is 0.0717. The second kappa shape index (κ2) is 7.87. The first-order valence-corrected chi connectivity index (χ1v) is 11.2. The SMILES string of the molecule is Cc1ccc(C(=O)N2CCN(c3nc4ccccc4nc3NC3CC3)CC2)c(Br)c1. The van der Waals surface area contributed by atoms with E-state index in [1.165, 1.54) is 12.8 Å². The van der Waals surface area contributed by atoms with Crippen molar-refractivity contribution in [3.63, 3.8) is 0 Å². The maximum Gasteiger partial charge on any atom is 0.255 e. The molecule has 7 heteroatoms. The van der Waals surface area contributed by atoms with E-state index in [4.69, 9.17) is 9.97 Å². The number of nitrogens with one attached hydrogen (secondary N) is 1. The number of benzene rings is 2. The Morgan fingerprint density at radius 3 is 2.40 bits per heavy atom. The van der Waals surface area contributed by atoms with E-state index < -0.39 is 0 Å². The van der Waals surface area contributed by atoms with Gasteiger partial charge in [0.2, 0.25) is 0 Å². The lowest BCUT2D eigenvalue weighted by Gasteiger charge is -2.36. The molecule has 154 valence electrons. The normalized spacial score (nSPS) is 16.7. The fourth-order valence-electron chi connectivity index (χ4n) is 3.81. The van der Waals surface area contributed by atoms with Gasteiger partial charge in [-0.25, -0.2) is 9.97 Å². The number of carbonyl (C=O) groups excluding carboxylic acids is 1.